The highest BCUT2D eigenvalue weighted by Gasteiger charge is 2.29. The number of nitrogens with zero attached hydrogens (tertiary/aromatic N) is 3. The summed E-state index contributed by atoms with van der Waals surface area (Å²) in [5.41, 5.74) is 5.03. The fraction of sp³-hybridized carbons (Fsp3) is 0.278. The molecule has 3 aromatic rings. The highest BCUT2D eigenvalue weighted by Crippen LogP contribution is 2.35. The van der Waals surface area contributed by atoms with Crippen molar-refractivity contribution in [1.82, 2.24) is 14.5 Å². The second kappa shape index (κ2) is 5.50. The van der Waals surface area contributed by atoms with Crippen LogP contribution in [0.15, 0.2) is 42.9 Å². The number of aromatic nitrogens is 3. The number of fused-ring (bicyclic) bond motifs is 2. The number of esters is 1. The average molecular weight is 307 g/mol. The molecule has 5 nitrogen and oxygen atoms in total. The van der Waals surface area contributed by atoms with Crippen LogP contribution < -0.4 is 0 Å². The molecule has 0 bridgehead atoms. The summed E-state index contributed by atoms with van der Waals surface area (Å²) in [5.74, 6) is -0.245. The Morgan fingerprint density at radius 3 is 3.13 bits per heavy atom. The van der Waals surface area contributed by atoms with Gasteiger partial charge in [-0.2, -0.15) is 0 Å². The maximum absolute atomic E-state index is 12.0. The van der Waals surface area contributed by atoms with Crippen LogP contribution in [0.3, 0.4) is 0 Å². The third-order valence-electron chi connectivity index (χ3n) is 4.36. The molecule has 0 radical (unpaired) electrons. The average Bonchev–Trinajstić information content (AvgIpc) is 3.18. The Balaban J connectivity index is 1.73. The maximum atomic E-state index is 12.0. The summed E-state index contributed by atoms with van der Waals surface area (Å²) in [5, 5.41) is 0. The number of hydrogen-bond donors (Lipinski definition) is 0. The molecule has 0 spiro atoms. The summed E-state index contributed by atoms with van der Waals surface area (Å²) in [4.78, 5) is 20.8. The third kappa shape index (κ3) is 2.29. The molecule has 0 amide bonds. The van der Waals surface area contributed by atoms with Crippen LogP contribution in [0, 0.1) is 0 Å². The van der Waals surface area contributed by atoms with E-state index < -0.39 is 0 Å². The Morgan fingerprint density at radius 1 is 1.35 bits per heavy atom. The number of ether oxygens (including phenoxy) is 1. The van der Waals surface area contributed by atoms with E-state index in [1.165, 1.54) is 5.56 Å². The molecule has 2 aromatic heterocycles. The standard InChI is InChI=1S/C18H17N3O2/c1-2-23-18(22)15-7-5-12-10-13(6-8-14(12)15)21-11-20-16-4-3-9-19-17(16)21/h3-4,6,8-11,15H,2,5,7H2,1H3/t15-/m1/s1. The lowest BCUT2D eigenvalue weighted by atomic mass is 10.0. The van der Waals surface area contributed by atoms with Crippen LogP contribution >= 0.6 is 0 Å². The van der Waals surface area contributed by atoms with Crippen molar-refractivity contribution in [2.24, 2.45) is 0 Å². The molecule has 5 heteroatoms. The first-order chi connectivity index (χ1) is 11.3. The molecule has 1 aliphatic rings. The van der Waals surface area contributed by atoms with Gasteiger partial charge in [-0.1, -0.05) is 6.07 Å². The van der Waals surface area contributed by atoms with Crippen molar-refractivity contribution in [2.75, 3.05) is 6.61 Å². The first-order valence-corrected chi connectivity index (χ1v) is 7.86. The first kappa shape index (κ1) is 13.9. The minimum atomic E-state index is -0.128. The number of pyridine rings is 1. The van der Waals surface area contributed by atoms with Crippen LogP contribution in [-0.2, 0) is 16.0 Å². The Hall–Kier alpha value is -2.69. The lowest BCUT2D eigenvalue weighted by Crippen LogP contribution is -2.13. The number of rotatable bonds is 3. The normalized spacial score (nSPS) is 16.5. The zero-order chi connectivity index (χ0) is 15.8. The first-order valence-electron chi connectivity index (χ1n) is 7.86. The fourth-order valence-electron chi connectivity index (χ4n) is 3.28. The number of hydrogen-bond acceptors (Lipinski definition) is 4. The van der Waals surface area contributed by atoms with Gasteiger partial charge in [0.2, 0.25) is 0 Å². The molecule has 0 aliphatic heterocycles. The molecule has 0 saturated carbocycles. The number of imidazole rings is 1. The minimum absolute atomic E-state index is 0.117. The quantitative estimate of drug-likeness (QED) is 0.698. The van der Waals surface area contributed by atoms with Crippen molar-refractivity contribution in [2.45, 2.75) is 25.7 Å². The van der Waals surface area contributed by atoms with Crippen LogP contribution in [0.1, 0.15) is 30.4 Å². The van der Waals surface area contributed by atoms with Gasteiger partial charge in [-0.25, -0.2) is 9.97 Å². The van der Waals surface area contributed by atoms with Gasteiger partial charge < -0.3 is 4.74 Å². The largest absolute Gasteiger partial charge is 0.466 e. The summed E-state index contributed by atoms with van der Waals surface area (Å²) in [6.45, 7) is 2.27. The Bertz CT molecular complexity index is 885. The lowest BCUT2D eigenvalue weighted by molar-refractivity contribution is -0.144. The SMILES string of the molecule is CCOC(=O)[C@@H]1CCc2cc(-n3cnc4cccnc43)ccc21. The Labute approximate surface area is 133 Å². The predicted octanol–water partition coefficient (Wildman–Crippen LogP) is 3.01. The van der Waals surface area contributed by atoms with Gasteiger partial charge in [-0.15, -0.1) is 0 Å². The van der Waals surface area contributed by atoms with Crippen molar-refractivity contribution in [3.05, 3.63) is 54.0 Å². The van der Waals surface area contributed by atoms with Crippen molar-refractivity contribution in [3.63, 3.8) is 0 Å². The van der Waals surface area contributed by atoms with E-state index in [-0.39, 0.29) is 11.9 Å². The summed E-state index contributed by atoms with van der Waals surface area (Å²) in [7, 11) is 0. The van der Waals surface area contributed by atoms with Crippen LogP contribution in [0.5, 0.6) is 0 Å². The van der Waals surface area contributed by atoms with Gasteiger partial charge in [0.15, 0.2) is 5.65 Å². The second-order valence-corrected chi connectivity index (χ2v) is 5.69. The van der Waals surface area contributed by atoms with E-state index >= 15 is 0 Å². The highest BCUT2D eigenvalue weighted by molar-refractivity contribution is 5.80. The summed E-state index contributed by atoms with van der Waals surface area (Å²) in [6, 6.07) is 10.0. The van der Waals surface area contributed by atoms with E-state index in [2.05, 4.69) is 16.0 Å². The van der Waals surface area contributed by atoms with E-state index in [1.54, 1.807) is 12.5 Å². The molecule has 1 aromatic carbocycles. The van der Waals surface area contributed by atoms with E-state index in [4.69, 9.17) is 4.74 Å². The van der Waals surface area contributed by atoms with Gasteiger partial charge in [-0.05, 0) is 55.2 Å². The Morgan fingerprint density at radius 2 is 2.26 bits per heavy atom. The molecular formula is C18H17N3O2. The van der Waals surface area contributed by atoms with E-state index in [1.807, 2.05) is 35.8 Å². The zero-order valence-corrected chi connectivity index (χ0v) is 12.9. The number of benzene rings is 1. The summed E-state index contributed by atoms with van der Waals surface area (Å²) >= 11 is 0. The molecule has 4 rings (SSSR count). The molecule has 23 heavy (non-hydrogen) atoms. The number of carbonyl (C=O) groups is 1. The lowest BCUT2D eigenvalue weighted by Gasteiger charge is -2.11. The summed E-state index contributed by atoms with van der Waals surface area (Å²) < 4.78 is 7.16. The van der Waals surface area contributed by atoms with Crippen molar-refractivity contribution < 1.29 is 9.53 Å². The van der Waals surface area contributed by atoms with Crippen molar-refractivity contribution in [3.8, 4) is 5.69 Å². The number of carbonyl (C=O) groups excluding carboxylic acids is 1. The van der Waals surface area contributed by atoms with Gasteiger partial charge in [0.05, 0.1) is 12.5 Å². The van der Waals surface area contributed by atoms with E-state index in [0.717, 1.165) is 35.3 Å². The van der Waals surface area contributed by atoms with Gasteiger partial charge in [-0.3, -0.25) is 9.36 Å². The highest BCUT2D eigenvalue weighted by atomic mass is 16.5. The summed E-state index contributed by atoms with van der Waals surface area (Å²) in [6.07, 6.45) is 5.27. The molecule has 116 valence electrons. The topological polar surface area (TPSA) is 57.0 Å². The van der Waals surface area contributed by atoms with E-state index in [0.29, 0.717) is 6.61 Å². The van der Waals surface area contributed by atoms with Gasteiger partial charge in [0.25, 0.3) is 0 Å². The maximum Gasteiger partial charge on any atom is 0.313 e. The molecule has 0 N–H and O–H groups in total. The van der Waals surface area contributed by atoms with Crippen LogP contribution in [0.4, 0.5) is 0 Å². The van der Waals surface area contributed by atoms with Gasteiger partial charge >= 0.3 is 5.97 Å². The zero-order valence-electron chi connectivity index (χ0n) is 12.9. The molecule has 1 atom stereocenters. The molecule has 1 aliphatic carbocycles. The Kier molecular flexibility index (Phi) is 3.33. The smallest absolute Gasteiger partial charge is 0.313 e. The molecule has 2 heterocycles. The van der Waals surface area contributed by atoms with Gasteiger partial charge in [0, 0.05) is 11.9 Å². The van der Waals surface area contributed by atoms with E-state index in [9.17, 15) is 4.79 Å². The van der Waals surface area contributed by atoms with Crippen LogP contribution in [-0.4, -0.2) is 27.1 Å². The minimum Gasteiger partial charge on any atom is -0.466 e. The second-order valence-electron chi connectivity index (χ2n) is 5.69. The van der Waals surface area contributed by atoms with Crippen LogP contribution in [0.2, 0.25) is 0 Å². The predicted molar refractivity (Wildman–Crippen MR) is 86.6 cm³/mol. The molecule has 0 unspecified atom stereocenters. The van der Waals surface area contributed by atoms with Crippen molar-refractivity contribution in [1.29, 1.82) is 0 Å². The third-order valence-corrected chi connectivity index (χ3v) is 4.36. The van der Waals surface area contributed by atoms with Crippen LogP contribution in [0.25, 0.3) is 16.9 Å². The number of aryl methyl sites for hydroxylation is 1. The fourth-order valence-corrected chi connectivity index (χ4v) is 3.28. The molecular weight excluding hydrogens is 290 g/mol. The monoisotopic (exact) mass is 307 g/mol. The van der Waals surface area contributed by atoms with Crippen molar-refractivity contribution >= 4 is 17.1 Å². The van der Waals surface area contributed by atoms with Gasteiger partial charge in [0.1, 0.15) is 11.8 Å². The molecule has 0 fully saturated rings. The molecule has 0 saturated heterocycles.